The summed E-state index contributed by atoms with van der Waals surface area (Å²) >= 11 is 0. The first-order valence-corrected chi connectivity index (χ1v) is 10.1. The van der Waals surface area contributed by atoms with Gasteiger partial charge in [0.05, 0.1) is 18.7 Å². The van der Waals surface area contributed by atoms with Gasteiger partial charge in [-0.15, -0.1) is 0 Å². The highest BCUT2D eigenvalue weighted by Gasteiger charge is 2.17. The Kier molecular flexibility index (Phi) is 7.25. The molecule has 0 aliphatic carbocycles. The van der Waals surface area contributed by atoms with Gasteiger partial charge in [-0.2, -0.15) is 0 Å². The lowest BCUT2D eigenvalue weighted by atomic mass is 10.1. The van der Waals surface area contributed by atoms with Crippen LogP contribution >= 0.6 is 0 Å². The summed E-state index contributed by atoms with van der Waals surface area (Å²) in [6.07, 6.45) is 2.70. The zero-order valence-corrected chi connectivity index (χ0v) is 16.8. The molecule has 0 spiro atoms. The highest BCUT2D eigenvalue weighted by molar-refractivity contribution is 5.88. The molecule has 1 aliphatic heterocycles. The minimum Gasteiger partial charge on any atom is -0.493 e. The van der Waals surface area contributed by atoms with Gasteiger partial charge in [0.15, 0.2) is 0 Å². The molecule has 0 saturated carbocycles. The van der Waals surface area contributed by atoms with Gasteiger partial charge in [0, 0.05) is 25.2 Å². The summed E-state index contributed by atoms with van der Waals surface area (Å²) in [5.41, 5.74) is 3.43. The molecule has 2 N–H and O–H groups in total. The number of carboxylic acids is 1. The second-order valence-corrected chi connectivity index (χ2v) is 7.46. The standard InChI is InChI=1S/C23H28N2O4/c1-17-7-3-4-8-19(17)14-25-15-20-10-9-18(23(27)28)13-21(20)29-12-6-2-5-11-24-22(26)16-25/h3-4,7-10,13H,2,5-6,11-12,14-16H2,1H3,(H,24,26)(H,27,28). The fourth-order valence-electron chi connectivity index (χ4n) is 3.46. The van der Waals surface area contributed by atoms with E-state index in [2.05, 4.69) is 29.3 Å². The average molecular weight is 396 g/mol. The van der Waals surface area contributed by atoms with Crippen molar-refractivity contribution in [1.82, 2.24) is 10.2 Å². The van der Waals surface area contributed by atoms with Crippen molar-refractivity contribution in [2.45, 2.75) is 39.3 Å². The summed E-state index contributed by atoms with van der Waals surface area (Å²) in [5.74, 6) is -0.391. The topological polar surface area (TPSA) is 78.9 Å². The summed E-state index contributed by atoms with van der Waals surface area (Å²) in [5, 5.41) is 12.3. The number of carboxylic acid groups (broad SMARTS) is 1. The molecular formula is C23H28N2O4. The van der Waals surface area contributed by atoms with Crippen LogP contribution in [-0.2, 0) is 17.9 Å². The summed E-state index contributed by atoms with van der Waals surface area (Å²) < 4.78 is 5.95. The lowest BCUT2D eigenvalue weighted by molar-refractivity contribution is -0.122. The third-order valence-corrected chi connectivity index (χ3v) is 5.13. The molecule has 2 aromatic rings. The van der Waals surface area contributed by atoms with Crippen molar-refractivity contribution in [2.75, 3.05) is 19.7 Å². The average Bonchev–Trinajstić information content (AvgIpc) is 2.70. The quantitative estimate of drug-likeness (QED) is 0.832. The summed E-state index contributed by atoms with van der Waals surface area (Å²) in [6.45, 7) is 4.65. The van der Waals surface area contributed by atoms with Crippen LogP contribution in [-0.4, -0.2) is 41.6 Å². The van der Waals surface area contributed by atoms with E-state index in [9.17, 15) is 14.7 Å². The van der Waals surface area contributed by atoms with Crippen LogP contribution in [0.2, 0.25) is 0 Å². The molecule has 1 heterocycles. The van der Waals surface area contributed by atoms with E-state index in [1.54, 1.807) is 18.2 Å². The molecule has 0 saturated heterocycles. The van der Waals surface area contributed by atoms with E-state index in [0.29, 0.717) is 32.0 Å². The maximum Gasteiger partial charge on any atom is 0.335 e. The number of aromatic carboxylic acids is 1. The van der Waals surface area contributed by atoms with Gasteiger partial charge in [0.1, 0.15) is 5.75 Å². The monoisotopic (exact) mass is 396 g/mol. The van der Waals surface area contributed by atoms with Gasteiger partial charge in [-0.25, -0.2) is 4.79 Å². The van der Waals surface area contributed by atoms with Crippen molar-refractivity contribution < 1.29 is 19.4 Å². The highest BCUT2D eigenvalue weighted by atomic mass is 16.5. The molecule has 0 atom stereocenters. The first-order chi connectivity index (χ1) is 14.0. The molecule has 0 radical (unpaired) electrons. The van der Waals surface area contributed by atoms with E-state index in [0.717, 1.165) is 30.4 Å². The van der Waals surface area contributed by atoms with Crippen LogP contribution in [0.5, 0.6) is 5.75 Å². The molecule has 6 heteroatoms. The predicted molar refractivity (Wildman–Crippen MR) is 111 cm³/mol. The molecule has 0 bridgehead atoms. The molecule has 3 rings (SSSR count). The highest BCUT2D eigenvalue weighted by Crippen LogP contribution is 2.24. The van der Waals surface area contributed by atoms with Crippen LogP contribution in [0.3, 0.4) is 0 Å². The lowest BCUT2D eigenvalue weighted by Gasteiger charge is -2.24. The molecule has 6 nitrogen and oxygen atoms in total. The third-order valence-electron chi connectivity index (χ3n) is 5.13. The Balaban J connectivity index is 1.89. The number of nitrogens with one attached hydrogen (secondary N) is 1. The second-order valence-electron chi connectivity index (χ2n) is 7.46. The molecule has 0 fully saturated rings. The van der Waals surface area contributed by atoms with Gasteiger partial charge in [0.25, 0.3) is 0 Å². The zero-order chi connectivity index (χ0) is 20.6. The number of carbonyl (C=O) groups excluding carboxylic acids is 1. The minimum atomic E-state index is -0.976. The molecule has 29 heavy (non-hydrogen) atoms. The first-order valence-electron chi connectivity index (χ1n) is 10.1. The van der Waals surface area contributed by atoms with Crippen LogP contribution in [0.4, 0.5) is 0 Å². The number of benzene rings is 2. The molecule has 0 aromatic heterocycles. The van der Waals surface area contributed by atoms with Crippen LogP contribution in [0.25, 0.3) is 0 Å². The molecule has 0 unspecified atom stereocenters. The Morgan fingerprint density at radius 1 is 1.14 bits per heavy atom. The van der Waals surface area contributed by atoms with E-state index >= 15 is 0 Å². The number of hydrogen-bond donors (Lipinski definition) is 2. The number of carbonyl (C=O) groups is 2. The number of hydrogen-bond acceptors (Lipinski definition) is 4. The van der Waals surface area contributed by atoms with E-state index in [-0.39, 0.29) is 18.0 Å². The Hall–Kier alpha value is -2.86. The molecular weight excluding hydrogens is 368 g/mol. The van der Waals surface area contributed by atoms with Gasteiger partial charge in [-0.3, -0.25) is 9.69 Å². The Morgan fingerprint density at radius 2 is 1.97 bits per heavy atom. The van der Waals surface area contributed by atoms with Crippen molar-refractivity contribution in [2.24, 2.45) is 0 Å². The number of ether oxygens (including phenoxy) is 1. The summed E-state index contributed by atoms with van der Waals surface area (Å²) in [6, 6.07) is 13.1. The van der Waals surface area contributed by atoms with E-state index in [4.69, 9.17) is 4.74 Å². The van der Waals surface area contributed by atoms with E-state index in [1.807, 2.05) is 12.1 Å². The summed E-state index contributed by atoms with van der Waals surface area (Å²) in [4.78, 5) is 25.9. The first kappa shape index (κ1) is 20.9. The Labute approximate surface area is 171 Å². The minimum absolute atomic E-state index is 0.00227. The van der Waals surface area contributed by atoms with Crippen molar-refractivity contribution in [3.63, 3.8) is 0 Å². The van der Waals surface area contributed by atoms with Gasteiger partial charge in [0.2, 0.25) is 5.91 Å². The van der Waals surface area contributed by atoms with E-state index in [1.165, 1.54) is 5.56 Å². The number of fused-ring (bicyclic) bond motifs is 1. The van der Waals surface area contributed by atoms with Gasteiger partial charge in [-0.05, 0) is 49.4 Å². The van der Waals surface area contributed by atoms with Crippen LogP contribution < -0.4 is 10.1 Å². The van der Waals surface area contributed by atoms with Crippen LogP contribution in [0, 0.1) is 6.92 Å². The molecule has 154 valence electrons. The van der Waals surface area contributed by atoms with Crippen molar-refractivity contribution in [3.05, 3.63) is 64.7 Å². The fraction of sp³-hybridized carbons (Fsp3) is 0.391. The SMILES string of the molecule is Cc1ccccc1CN1CC(=O)NCCCCCOc2cc(C(=O)O)ccc2C1. The molecule has 1 aliphatic rings. The third kappa shape index (κ3) is 6.06. The van der Waals surface area contributed by atoms with Crippen molar-refractivity contribution >= 4 is 11.9 Å². The zero-order valence-electron chi connectivity index (χ0n) is 16.8. The van der Waals surface area contributed by atoms with Gasteiger partial charge >= 0.3 is 5.97 Å². The largest absolute Gasteiger partial charge is 0.493 e. The van der Waals surface area contributed by atoms with Crippen LogP contribution in [0.1, 0.15) is 46.3 Å². The second kappa shape index (κ2) is 10.1. The number of amides is 1. The maximum atomic E-state index is 12.5. The normalized spacial score (nSPS) is 16.4. The van der Waals surface area contributed by atoms with Crippen molar-refractivity contribution in [3.8, 4) is 5.75 Å². The Morgan fingerprint density at radius 3 is 2.76 bits per heavy atom. The number of nitrogens with zero attached hydrogens (tertiary/aromatic N) is 1. The Bertz CT molecular complexity index is 866. The van der Waals surface area contributed by atoms with Gasteiger partial charge in [-0.1, -0.05) is 30.3 Å². The summed E-state index contributed by atoms with van der Waals surface area (Å²) in [7, 11) is 0. The predicted octanol–water partition coefficient (Wildman–Crippen LogP) is 3.37. The number of aryl methyl sites for hydroxylation is 1. The lowest BCUT2D eigenvalue weighted by Crippen LogP contribution is -2.37. The molecule has 1 amide bonds. The van der Waals surface area contributed by atoms with Crippen LogP contribution in [0.15, 0.2) is 42.5 Å². The van der Waals surface area contributed by atoms with Crippen molar-refractivity contribution in [1.29, 1.82) is 0 Å². The maximum absolute atomic E-state index is 12.5. The number of rotatable bonds is 3. The van der Waals surface area contributed by atoms with Gasteiger partial charge < -0.3 is 15.2 Å². The fourth-order valence-corrected chi connectivity index (χ4v) is 3.46. The molecule has 2 aromatic carbocycles. The smallest absolute Gasteiger partial charge is 0.335 e. The van der Waals surface area contributed by atoms with E-state index < -0.39 is 5.97 Å².